The molecule has 1 saturated heterocycles. The molecule has 2 amide bonds. The number of aliphatic hydroxyl groups excluding tert-OH is 1. The van der Waals surface area contributed by atoms with Crippen molar-refractivity contribution in [3.8, 4) is 0 Å². The number of allylic oxidation sites excluding steroid dienone is 2. The molecular weight excluding hydrogens is 709 g/mol. The number of benzene rings is 1. The number of carbonyl (C=O) groups is 4. The molecule has 0 bridgehead atoms. The molecule has 2 saturated carbocycles. The number of fused-ring (bicyclic) bond motifs is 3. The maximum Gasteiger partial charge on any atom is 0.307 e. The molecule has 2 N–H and O–H groups in total. The summed E-state index contributed by atoms with van der Waals surface area (Å²) in [5.41, 5.74) is -0.549. The maximum absolute atomic E-state index is 13.7. The molecule has 0 spiro atoms. The Morgan fingerprint density at radius 2 is 1.88 bits per heavy atom. The molecule has 12 nitrogen and oxygen atoms in total. The summed E-state index contributed by atoms with van der Waals surface area (Å²) in [6.07, 6.45) is 7.71. The number of ketones is 1. The number of hydrogen-bond donors (Lipinski definition) is 2. The molecule has 1 aromatic carbocycles. The quantitative estimate of drug-likeness (QED) is 0.292. The molecule has 5 atom stereocenters. The van der Waals surface area contributed by atoms with Gasteiger partial charge in [-0.05, 0) is 88.9 Å². The van der Waals surface area contributed by atoms with Crippen molar-refractivity contribution in [1.29, 1.82) is 0 Å². The molecule has 4 aliphatic rings. The standard InChI is InChI=1S/C28H42N2O8S.C7H3Cl2NO/c1-27(2,3)38-24(33)13-18-9-7-5-4-6-8-10-19-15-28(19,26(35)29-39(36,37)21-11-12-21)16-23(32)22-14-20(31)17-30(22)25(18)34;8-4-1-2-5-6(3-4)11-7(9)10-5/h8,10,18-22,31H,4-7,9,11-17H2,1-3H3,(H,29,35);1-3H/b10-8-;/t18-,19-,20-,22+,28-;/m1./s1. The highest BCUT2D eigenvalue weighted by molar-refractivity contribution is 7.90. The molecular formula is C35H45Cl2N3O9S. The van der Waals surface area contributed by atoms with Crippen LogP contribution in [0.25, 0.3) is 11.1 Å². The van der Waals surface area contributed by atoms with Crippen LogP contribution in [-0.2, 0) is 33.9 Å². The largest absolute Gasteiger partial charge is 0.460 e. The first-order valence-corrected chi connectivity index (χ1v) is 19.4. The highest BCUT2D eigenvalue weighted by Gasteiger charge is 2.61. The molecule has 6 rings (SSSR count). The lowest BCUT2D eigenvalue weighted by atomic mass is 9.90. The lowest BCUT2D eigenvalue weighted by molar-refractivity contribution is -0.159. The van der Waals surface area contributed by atoms with Crippen molar-refractivity contribution >= 4 is 67.9 Å². The number of sulfonamides is 1. The predicted octanol–water partition coefficient (Wildman–Crippen LogP) is 5.53. The molecule has 0 radical (unpaired) electrons. The molecule has 0 unspecified atom stereocenters. The van der Waals surface area contributed by atoms with E-state index >= 15 is 0 Å². The summed E-state index contributed by atoms with van der Waals surface area (Å²) >= 11 is 11.2. The molecule has 1 aromatic heterocycles. The number of nitrogens with zero attached hydrogens (tertiary/aromatic N) is 2. The van der Waals surface area contributed by atoms with Gasteiger partial charge in [-0.1, -0.05) is 36.6 Å². The van der Waals surface area contributed by atoms with E-state index in [0.717, 1.165) is 31.2 Å². The number of amides is 2. The summed E-state index contributed by atoms with van der Waals surface area (Å²) < 4.78 is 37.7. The Bertz CT molecular complexity index is 1750. The molecule has 3 fully saturated rings. The average Bonchev–Trinajstić information content (AvgIpc) is 3.91. The van der Waals surface area contributed by atoms with E-state index in [2.05, 4.69) is 9.71 Å². The van der Waals surface area contributed by atoms with Gasteiger partial charge in [-0.3, -0.25) is 23.9 Å². The summed E-state index contributed by atoms with van der Waals surface area (Å²) in [6, 6.07) is 4.24. The zero-order valence-corrected chi connectivity index (χ0v) is 30.9. The van der Waals surface area contributed by atoms with Crippen molar-refractivity contribution in [2.24, 2.45) is 17.3 Å². The monoisotopic (exact) mass is 753 g/mol. The summed E-state index contributed by atoms with van der Waals surface area (Å²) in [5.74, 6) is -2.85. The third kappa shape index (κ3) is 9.65. The van der Waals surface area contributed by atoms with Crippen molar-refractivity contribution in [1.82, 2.24) is 14.6 Å². The number of Topliss-reactive ketones (excluding diaryl/α,β-unsaturated/α-hetero) is 1. The second-order valence-corrected chi connectivity index (χ2v) is 17.5. The minimum Gasteiger partial charge on any atom is -0.460 e. The molecule has 2 aliphatic heterocycles. The zero-order chi connectivity index (χ0) is 36.4. The van der Waals surface area contributed by atoms with Gasteiger partial charge < -0.3 is 19.2 Å². The number of aromatic nitrogens is 1. The van der Waals surface area contributed by atoms with Gasteiger partial charge in [-0.15, -0.1) is 0 Å². The van der Waals surface area contributed by atoms with Crippen LogP contribution in [0.1, 0.15) is 91.4 Å². The van der Waals surface area contributed by atoms with Crippen LogP contribution in [0.4, 0.5) is 0 Å². The highest BCUT2D eigenvalue weighted by Crippen LogP contribution is 2.57. The Balaban J connectivity index is 0.000000371. The van der Waals surface area contributed by atoms with Crippen LogP contribution in [0.15, 0.2) is 34.8 Å². The lowest BCUT2D eigenvalue weighted by Crippen LogP contribution is -2.46. The Labute approximate surface area is 302 Å². The van der Waals surface area contributed by atoms with Crippen molar-refractivity contribution in [3.05, 3.63) is 40.7 Å². The fraction of sp³-hybridized carbons (Fsp3) is 0.629. The number of aliphatic hydroxyl groups is 1. The number of halogens is 2. The number of rotatable bonds is 5. The third-order valence-electron chi connectivity index (χ3n) is 9.51. The van der Waals surface area contributed by atoms with Gasteiger partial charge in [0, 0.05) is 36.4 Å². The number of carbonyl (C=O) groups excluding carboxylic acids is 4. The Morgan fingerprint density at radius 3 is 2.58 bits per heavy atom. The van der Waals surface area contributed by atoms with Crippen molar-refractivity contribution < 1.29 is 41.9 Å². The van der Waals surface area contributed by atoms with Gasteiger partial charge in [0.2, 0.25) is 21.8 Å². The fourth-order valence-electron chi connectivity index (χ4n) is 6.71. The van der Waals surface area contributed by atoms with Crippen LogP contribution in [-0.4, -0.2) is 76.5 Å². The van der Waals surface area contributed by atoms with E-state index in [1.165, 1.54) is 4.90 Å². The van der Waals surface area contributed by atoms with Crippen LogP contribution in [0.3, 0.4) is 0 Å². The van der Waals surface area contributed by atoms with E-state index in [1.807, 2.05) is 12.2 Å². The summed E-state index contributed by atoms with van der Waals surface area (Å²) in [4.78, 5) is 58.6. The number of nitrogens with one attached hydrogen (secondary N) is 1. The van der Waals surface area contributed by atoms with Gasteiger partial charge in [-0.2, -0.15) is 4.98 Å². The van der Waals surface area contributed by atoms with E-state index in [0.29, 0.717) is 36.3 Å². The van der Waals surface area contributed by atoms with Gasteiger partial charge in [-0.25, -0.2) is 8.42 Å². The van der Waals surface area contributed by atoms with E-state index in [4.69, 9.17) is 32.4 Å². The Morgan fingerprint density at radius 1 is 1.14 bits per heavy atom. The van der Waals surface area contributed by atoms with E-state index in [9.17, 15) is 32.7 Å². The summed E-state index contributed by atoms with van der Waals surface area (Å²) in [5, 5.41) is 10.6. The van der Waals surface area contributed by atoms with E-state index in [-0.39, 0.29) is 48.8 Å². The average molecular weight is 755 g/mol. The van der Waals surface area contributed by atoms with Gasteiger partial charge in [0.05, 0.1) is 29.2 Å². The van der Waals surface area contributed by atoms with E-state index < -0.39 is 56.2 Å². The topological polar surface area (TPSA) is 173 Å². The first kappa shape index (κ1) is 38.2. The van der Waals surface area contributed by atoms with Gasteiger partial charge in [0.1, 0.15) is 11.1 Å². The van der Waals surface area contributed by atoms with Crippen LogP contribution in [0.2, 0.25) is 10.4 Å². The fourth-order valence-corrected chi connectivity index (χ4v) is 8.43. The van der Waals surface area contributed by atoms with Crippen molar-refractivity contribution in [2.75, 3.05) is 6.54 Å². The molecule has 2 aliphatic carbocycles. The Hall–Kier alpha value is -3.00. The number of esters is 1. The van der Waals surface area contributed by atoms with Crippen molar-refractivity contribution in [2.45, 2.75) is 114 Å². The Kier molecular flexibility index (Phi) is 11.7. The molecule has 3 heterocycles. The second kappa shape index (κ2) is 15.3. The first-order chi connectivity index (χ1) is 23.5. The minimum absolute atomic E-state index is 0.0291. The zero-order valence-electron chi connectivity index (χ0n) is 28.5. The van der Waals surface area contributed by atoms with Crippen molar-refractivity contribution in [3.63, 3.8) is 0 Å². The van der Waals surface area contributed by atoms with Crippen LogP contribution >= 0.6 is 23.2 Å². The summed E-state index contributed by atoms with van der Waals surface area (Å²) in [7, 11) is -3.78. The third-order valence-corrected chi connectivity index (χ3v) is 11.7. The van der Waals surface area contributed by atoms with Gasteiger partial charge in [0.25, 0.3) is 5.35 Å². The van der Waals surface area contributed by atoms with E-state index in [1.54, 1.807) is 39.0 Å². The normalized spacial score (nSPS) is 28.3. The molecule has 15 heteroatoms. The predicted molar refractivity (Wildman–Crippen MR) is 187 cm³/mol. The van der Waals surface area contributed by atoms with Gasteiger partial charge in [0.15, 0.2) is 11.4 Å². The smallest absolute Gasteiger partial charge is 0.307 e. The number of oxazole rings is 1. The second-order valence-electron chi connectivity index (χ2n) is 14.8. The molecule has 274 valence electrons. The lowest BCUT2D eigenvalue weighted by Gasteiger charge is -2.29. The first-order valence-electron chi connectivity index (χ1n) is 17.1. The van der Waals surface area contributed by atoms with Crippen LogP contribution in [0, 0.1) is 17.3 Å². The summed E-state index contributed by atoms with van der Waals surface area (Å²) in [6.45, 7) is 5.25. The SMILES string of the molecule is CC(C)(C)OC(=O)C[C@H]1CCCCC/C=C\[C@@H]2C[C@@]2(C(=O)NS(=O)(=O)C2CC2)CC(=O)[C@@H]2C[C@@H](O)CN2C1=O.Clc1ccc2nc(Cl)oc2c1. The van der Waals surface area contributed by atoms with Crippen LogP contribution < -0.4 is 4.72 Å². The number of ether oxygens (including phenoxy) is 1. The van der Waals surface area contributed by atoms with Gasteiger partial charge >= 0.3 is 5.97 Å². The molecule has 2 aromatic rings. The maximum atomic E-state index is 13.7. The minimum atomic E-state index is -3.78. The highest BCUT2D eigenvalue weighted by atomic mass is 35.5. The number of hydrogen-bond acceptors (Lipinski definition) is 10. The molecule has 50 heavy (non-hydrogen) atoms. The van der Waals surface area contributed by atoms with Crippen LogP contribution in [0.5, 0.6) is 0 Å².